The zero-order valence-electron chi connectivity index (χ0n) is 17.4. The maximum atomic E-state index is 13.3. The zero-order valence-corrected chi connectivity index (χ0v) is 18.3. The van der Waals surface area contributed by atoms with Gasteiger partial charge >= 0.3 is 0 Å². The first-order valence-corrected chi connectivity index (χ1v) is 11.1. The fourth-order valence-electron chi connectivity index (χ4n) is 3.58. The van der Waals surface area contributed by atoms with Gasteiger partial charge in [-0.25, -0.2) is 0 Å². The van der Waals surface area contributed by atoms with Crippen LogP contribution in [0.25, 0.3) is 0 Å². The summed E-state index contributed by atoms with van der Waals surface area (Å²) in [5.74, 6) is -0.0834. The minimum atomic E-state index is -0.496. The molecule has 1 aliphatic rings. The number of benzene rings is 1. The van der Waals surface area contributed by atoms with E-state index >= 15 is 0 Å². The molecule has 1 aromatic carbocycles. The number of nitrogens with one attached hydrogen (secondary N) is 2. The number of allylic oxidation sites excluding steroid dienone is 2. The topological polar surface area (TPSA) is 90.7 Å². The molecule has 4 rings (SSSR count). The molecular formula is C25H21N5OS. The second-order valence-corrected chi connectivity index (χ2v) is 8.19. The van der Waals surface area contributed by atoms with E-state index in [0.29, 0.717) is 28.3 Å². The lowest BCUT2D eigenvalue weighted by Gasteiger charge is -2.29. The second-order valence-electron chi connectivity index (χ2n) is 7.20. The van der Waals surface area contributed by atoms with E-state index < -0.39 is 5.92 Å². The van der Waals surface area contributed by atoms with Crippen molar-refractivity contribution in [3.05, 3.63) is 112 Å². The molecule has 7 heteroatoms. The number of nitriles is 1. The van der Waals surface area contributed by atoms with Gasteiger partial charge in [-0.1, -0.05) is 24.3 Å². The molecular weight excluding hydrogens is 418 g/mol. The van der Waals surface area contributed by atoms with Crippen molar-refractivity contribution in [2.24, 2.45) is 0 Å². The van der Waals surface area contributed by atoms with Gasteiger partial charge in [-0.2, -0.15) is 5.26 Å². The summed E-state index contributed by atoms with van der Waals surface area (Å²) in [6.45, 7) is 1.87. The quantitative estimate of drug-likeness (QED) is 0.576. The summed E-state index contributed by atoms with van der Waals surface area (Å²) in [5, 5.41) is 17.1. The number of para-hydroxylation sites is 1. The molecule has 3 heterocycles. The molecule has 0 aliphatic carbocycles. The van der Waals surface area contributed by atoms with E-state index in [1.54, 1.807) is 18.6 Å². The normalized spacial score (nSPS) is 15.7. The molecule has 0 saturated carbocycles. The van der Waals surface area contributed by atoms with Crippen molar-refractivity contribution in [3.63, 3.8) is 0 Å². The van der Waals surface area contributed by atoms with Gasteiger partial charge in [0.05, 0.1) is 22.6 Å². The van der Waals surface area contributed by atoms with Crippen molar-refractivity contribution < 1.29 is 4.79 Å². The largest absolute Gasteiger partial charge is 0.353 e. The van der Waals surface area contributed by atoms with E-state index in [2.05, 4.69) is 26.7 Å². The molecule has 0 spiro atoms. The third kappa shape index (κ3) is 4.71. The van der Waals surface area contributed by atoms with E-state index in [1.165, 1.54) is 11.8 Å². The SMILES string of the molecule is CC1=C(C(=O)Nc2ccccc2)C(c2ccncc2)C(C#N)=C(SCc2cccnc2)N1. The predicted octanol–water partition coefficient (Wildman–Crippen LogP) is 4.74. The highest BCUT2D eigenvalue weighted by atomic mass is 32.2. The van der Waals surface area contributed by atoms with Crippen LogP contribution in [0, 0.1) is 11.3 Å². The molecule has 0 bridgehead atoms. The van der Waals surface area contributed by atoms with Gasteiger partial charge in [0.15, 0.2) is 0 Å². The summed E-state index contributed by atoms with van der Waals surface area (Å²) in [7, 11) is 0. The number of hydrogen-bond donors (Lipinski definition) is 2. The van der Waals surface area contributed by atoms with Gasteiger partial charge in [0.1, 0.15) is 0 Å². The molecule has 1 unspecified atom stereocenters. The summed E-state index contributed by atoms with van der Waals surface area (Å²) in [5.41, 5.74) is 4.34. The Morgan fingerprint density at radius 3 is 2.56 bits per heavy atom. The molecule has 1 amide bonds. The maximum absolute atomic E-state index is 13.3. The molecule has 32 heavy (non-hydrogen) atoms. The number of carbonyl (C=O) groups excluding carboxylic acids is 1. The minimum Gasteiger partial charge on any atom is -0.353 e. The highest BCUT2D eigenvalue weighted by molar-refractivity contribution is 8.02. The number of rotatable bonds is 6. The minimum absolute atomic E-state index is 0.243. The van der Waals surface area contributed by atoms with Crippen molar-refractivity contribution in [3.8, 4) is 6.07 Å². The molecule has 1 aliphatic heterocycles. The van der Waals surface area contributed by atoms with Crippen LogP contribution in [0.5, 0.6) is 0 Å². The van der Waals surface area contributed by atoms with Gasteiger partial charge in [0, 0.05) is 47.5 Å². The standard InChI is InChI=1S/C25H21N5OS/c1-17-22(24(31)30-20-7-3-2-4-8-20)23(19-9-12-27-13-10-19)21(14-26)25(29-17)32-16-18-6-5-11-28-15-18/h2-13,15,23,29H,16H2,1H3,(H,30,31). The first kappa shape index (κ1) is 21.3. The summed E-state index contributed by atoms with van der Waals surface area (Å²) in [6, 6.07) is 19.2. The molecule has 6 nitrogen and oxygen atoms in total. The number of nitrogens with zero attached hydrogens (tertiary/aromatic N) is 3. The van der Waals surface area contributed by atoms with Gasteiger partial charge in [0.2, 0.25) is 0 Å². The first-order valence-electron chi connectivity index (χ1n) is 10.1. The molecule has 1 atom stereocenters. The smallest absolute Gasteiger partial charge is 0.254 e. The number of carbonyl (C=O) groups is 1. The van der Waals surface area contributed by atoms with E-state index in [-0.39, 0.29) is 5.91 Å². The zero-order chi connectivity index (χ0) is 22.3. The Labute approximate surface area is 191 Å². The van der Waals surface area contributed by atoms with Crippen LogP contribution in [0.4, 0.5) is 5.69 Å². The monoisotopic (exact) mass is 439 g/mol. The summed E-state index contributed by atoms with van der Waals surface area (Å²) in [4.78, 5) is 21.6. The van der Waals surface area contributed by atoms with Crippen LogP contribution >= 0.6 is 11.8 Å². The molecule has 2 N–H and O–H groups in total. The van der Waals surface area contributed by atoms with Gasteiger partial charge in [-0.3, -0.25) is 14.8 Å². The average molecular weight is 440 g/mol. The van der Waals surface area contributed by atoms with Crippen molar-refractivity contribution in [1.29, 1.82) is 5.26 Å². The lowest BCUT2D eigenvalue weighted by atomic mass is 9.82. The number of dihydropyridines is 1. The van der Waals surface area contributed by atoms with Crippen LogP contribution in [-0.2, 0) is 10.5 Å². The number of hydrogen-bond acceptors (Lipinski definition) is 6. The Balaban J connectivity index is 1.70. The fourth-order valence-corrected chi connectivity index (χ4v) is 4.60. The Kier molecular flexibility index (Phi) is 6.63. The van der Waals surface area contributed by atoms with Crippen molar-refractivity contribution in [2.45, 2.75) is 18.6 Å². The highest BCUT2D eigenvalue weighted by Gasteiger charge is 2.34. The Morgan fingerprint density at radius 1 is 1.09 bits per heavy atom. The Bertz CT molecular complexity index is 1200. The Hall–Kier alpha value is -3.89. The van der Waals surface area contributed by atoms with Gasteiger partial charge in [-0.15, -0.1) is 11.8 Å². The second kappa shape index (κ2) is 9.94. The number of thioether (sulfide) groups is 1. The van der Waals surface area contributed by atoms with Crippen LogP contribution in [-0.4, -0.2) is 15.9 Å². The van der Waals surface area contributed by atoms with Crippen LogP contribution in [0.15, 0.2) is 101 Å². The number of amides is 1. The van der Waals surface area contributed by atoms with E-state index in [0.717, 1.165) is 16.2 Å². The lowest BCUT2D eigenvalue weighted by molar-refractivity contribution is -0.113. The third-order valence-electron chi connectivity index (χ3n) is 5.07. The number of pyridine rings is 2. The van der Waals surface area contributed by atoms with Crippen molar-refractivity contribution in [2.75, 3.05) is 5.32 Å². The molecule has 0 fully saturated rings. The van der Waals surface area contributed by atoms with E-state index in [1.807, 2.05) is 67.7 Å². The van der Waals surface area contributed by atoms with E-state index in [4.69, 9.17) is 0 Å². The molecule has 3 aromatic rings. The van der Waals surface area contributed by atoms with Crippen LogP contribution < -0.4 is 10.6 Å². The van der Waals surface area contributed by atoms with Gasteiger partial charge in [0.25, 0.3) is 5.91 Å². The summed E-state index contributed by atoms with van der Waals surface area (Å²) in [6.07, 6.45) is 6.90. The average Bonchev–Trinajstić information content (AvgIpc) is 2.84. The van der Waals surface area contributed by atoms with Crippen LogP contribution in [0.3, 0.4) is 0 Å². The molecule has 158 valence electrons. The lowest BCUT2D eigenvalue weighted by Crippen LogP contribution is -2.30. The number of aromatic nitrogens is 2. The fraction of sp³-hybridized carbons (Fsp3) is 0.120. The maximum Gasteiger partial charge on any atom is 0.254 e. The van der Waals surface area contributed by atoms with Gasteiger partial charge in [-0.05, 0) is 48.4 Å². The van der Waals surface area contributed by atoms with Gasteiger partial charge < -0.3 is 10.6 Å². The first-order chi connectivity index (χ1) is 15.7. The van der Waals surface area contributed by atoms with Crippen molar-refractivity contribution in [1.82, 2.24) is 15.3 Å². The van der Waals surface area contributed by atoms with E-state index in [9.17, 15) is 10.1 Å². The molecule has 0 radical (unpaired) electrons. The third-order valence-corrected chi connectivity index (χ3v) is 6.16. The number of anilines is 1. The summed E-state index contributed by atoms with van der Waals surface area (Å²) >= 11 is 1.53. The molecule has 2 aromatic heterocycles. The predicted molar refractivity (Wildman–Crippen MR) is 126 cm³/mol. The van der Waals surface area contributed by atoms with Crippen molar-refractivity contribution >= 4 is 23.4 Å². The van der Waals surface area contributed by atoms with Crippen LogP contribution in [0.1, 0.15) is 24.0 Å². The Morgan fingerprint density at radius 2 is 1.88 bits per heavy atom. The highest BCUT2D eigenvalue weighted by Crippen LogP contribution is 2.41. The molecule has 0 saturated heterocycles. The summed E-state index contributed by atoms with van der Waals surface area (Å²) < 4.78 is 0. The van der Waals surface area contributed by atoms with Crippen LogP contribution in [0.2, 0.25) is 0 Å².